The molecule has 0 aromatic heterocycles. The van der Waals surface area contributed by atoms with E-state index in [9.17, 15) is 23.1 Å². The number of carbonyl (C=O) groups excluding carboxylic acids is 1. The third-order valence-electron chi connectivity index (χ3n) is 5.24. The van der Waals surface area contributed by atoms with Crippen molar-refractivity contribution in [2.45, 2.75) is 25.6 Å². The smallest absolute Gasteiger partial charge is 0.403 e. The average molecular weight is 485 g/mol. The molecule has 1 aliphatic rings. The highest BCUT2D eigenvalue weighted by Crippen LogP contribution is 2.32. The van der Waals surface area contributed by atoms with Gasteiger partial charge in [0.1, 0.15) is 6.54 Å². The summed E-state index contributed by atoms with van der Waals surface area (Å²) in [7, 11) is 0. The Bertz CT molecular complexity index is 1190. The Balaban J connectivity index is 1.74. The van der Waals surface area contributed by atoms with E-state index < -0.39 is 24.4 Å². The number of nitrogens with one attached hydrogen (secondary N) is 2. The molecule has 35 heavy (non-hydrogen) atoms. The van der Waals surface area contributed by atoms with E-state index in [1.54, 1.807) is 54.5 Å². The second-order valence-corrected chi connectivity index (χ2v) is 8.47. The topological polar surface area (TPSA) is 90.6 Å². The van der Waals surface area contributed by atoms with Crippen LogP contribution in [-0.2, 0) is 5.60 Å². The van der Waals surface area contributed by atoms with Crippen LogP contribution in [0.15, 0.2) is 85.4 Å². The van der Waals surface area contributed by atoms with E-state index in [0.29, 0.717) is 22.6 Å². The monoisotopic (exact) mass is 484 g/mol. The molecule has 9 heteroatoms. The van der Waals surface area contributed by atoms with E-state index in [2.05, 4.69) is 11.9 Å². The summed E-state index contributed by atoms with van der Waals surface area (Å²) in [6, 6.07) is 13.2. The van der Waals surface area contributed by atoms with Crippen LogP contribution in [0.25, 0.3) is 11.3 Å². The predicted molar refractivity (Wildman–Crippen MR) is 131 cm³/mol. The van der Waals surface area contributed by atoms with Crippen molar-refractivity contribution in [1.29, 1.82) is 0 Å². The van der Waals surface area contributed by atoms with Gasteiger partial charge in [-0.2, -0.15) is 13.2 Å². The first-order valence-electron chi connectivity index (χ1n) is 10.7. The summed E-state index contributed by atoms with van der Waals surface area (Å²) < 4.78 is 36.9. The zero-order valence-corrected chi connectivity index (χ0v) is 19.4. The number of aliphatic hydroxyl groups is 1. The van der Waals surface area contributed by atoms with Crippen molar-refractivity contribution in [2.24, 2.45) is 5.73 Å². The second-order valence-electron chi connectivity index (χ2n) is 8.47. The van der Waals surface area contributed by atoms with Gasteiger partial charge >= 0.3 is 12.2 Å². The molecule has 6 nitrogen and oxygen atoms in total. The number of carbonyl (C=O) groups is 1. The zero-order chi connectivity index (χ0) is 25.8. The summed E-state index contributed by atoms with van der Waals surface area (Å²) in [6.07, 6.45) is 2.46. The Morgan fingerprint density at radius 3 is 2.43 bits per heavy atom. The molecule has 0 fully saturated rings. The average Bonchev–Trinajstić information content (AvgIpc) is 2.78. The summed E-state index contributed by atoms with van der Waals surface area (Å²) in [6.45, 7) is 6.13. The molecule has 184 valence electrons. The lowest BCUT2D eigenvalue weighted by Crippen LogP contribution is -2.36. The van der Waals surface area contributed by atoms with Gasteiger partial charge in [-0.25, -0.2) is 4.79 Å². The molecule has 0 unspecified atom stereocenters. The molecule has 1 heterocycles. The third kappa shape index (κ3) is 6.77. The molecule has 0 atom stereocenters. The van der Waals surface area contributed by atoms with Crippen molar-refractivity contribution in [3.63, 3.8) is 0 Å². The number of amides is 2. The number of nitrogens with two attached hydrogens (primary N) is 1. The molecule has 2 amide bonds. The van der Waals surface area contributed by atoms with Crippen LogP contribution < -0.4 is 16.4 Å². The van der Waals surface area contributed by atoms with Gasteiger partial charge in [0.05, 0.1) is 11.3 Å². The summed E-state index contributed by atoms with van der Waals surface area (Å²) >= 11 is 0. The Hall–Kier alpha value is -3.98. The number of rotatable bonds is 6. The normalized spacial score (nSPS) is 14.6. The quantitative estimate of drug-likeness (QED) is 0.449. The number of halogens is 3. The molecular weight excluding hydrogens is 457 g/mol. The summed E-state index contributed by atoms with van der Waals surface area (Å²) in [4.78, 5) is 13.6. The van der Waals surface area contributed by atoms with Crippen LogP contribution in [0.1, 0.15) is 30.5 Å². The fourth-order valence-corrected chi connectivity index (χ4v) is 3.46. The molecule has 0 bridgehead atoms. The highest BCUT2D eigenvalue weighted by Gasteiger charge is 2.27. The number of urea groups is 1. The zero-order valence-electron chi connectivity index (χ0n) is 19.4. The van der Waals surface area contributed by atoms with Gasteiger partial charge in [-0.1, -0.05) is 43.0 Å². The largest absolute Gasteiger partial charge is 0.405 e. The van der Waals surface area contributed by atoms with Gasteiger partial charge < -0.3 is 26.4 Å². The van der Waals surface area contributed by atoms with Crippen molar-refractivity contribution < 1.29 is 23.1 Å². The SMILES string of the molecule is C=C1C=C(c2ccc(C(C)(C)O)cc2)C=CN1/C(=C\N)c1cccc(NC(=O)NCC(F)(F)F)c1. The third-order valence-corrected chi connectivity index (χ3v) is 5.24. The van der Waals surface area contributed by atoms with E-state index in [-0.39, 0.29) is 0 Å². The van der Waals surface area contributed by atoms with Crippen molar-refractivity contribution in [3.05, 3.63) is 102 Å². The molecule has 0 saturated heterocycles. The van der Waals surface area contributed by atoms with Crippen molar-refractivity contribution in [2.75, 3.05) is 11.9 Å². The van der Waals surface area contributed by atoms with E-state index in [1.807, 2.05) is 36.4 Å². The molecule has 0 radical (unpaired) electrons. The number of hydrogen-bond donors (Lipinski definition) is 4. The molecule has 2 aromatic rings. The highest BCUT2D eigenvalue weighted by atomic mass is 19.4. The number of hydrogen-bond acceptors (Lipinski definition) is 4. The molecule has 0 saturated carbocycles. The molecule has 5 N–H and O–H groups in total. The molecule has 3 rings (SSSR count). The Morgan fingerprint density at radius 2 is 1.86 bits per heavy atom. The minimum Gasteiger partial charge on any atom is -0.403 e. The standard InChI is InChI=1S/C26H27F3N4O2/c1-17-13-19(18-7-9-21(10-8-18)25(2,3)35)11-12-33(17)23(15-30)20-5-4-6-22(14-20)32-24(34)31-16-26(27,28)29/h4-15,35H,1,16,30H2,2-3H3,(H2,31,32,34)/b23-15-. The van der Waals surface area contributed by atoms with Gasteiger partial charge in [-0.05, 0) is 54.8 Å². The minimum absolute atomic E-state index is 0.302. The summed E-state index contributed by atoms with van der Waals surface area (Å²) in [5, 5.41) is 14.3. The lowest BCUT2D eigenvalue weighted by atomic mass is 9.94. The molecular formula is C26H27F3N4O2. The molecule has 1 aliphatic heterocycles. The highest BCUT2D eigenvalue weighted by molar-refractivity contribution is 5.90. The molecule has 0 aliphatic carbocycles. The maximum Gasteiger partial charge on any atom is 0.405 e. The summed E-state index contributed by atoms with van der Waals surface area (Å²) in [5.74, 6) is 0. The van der Waals surface area contributed by atoms with Crippen LogP contribution in [0.2, 0.25) is 0 Å². The van der Waals surface area contributed by atoms with Crippen LogP contribution in [-0.4, -0.2) is 28.8 Å². The van der Waals surface area contributed by atoms with E-state index in [1.165, 1.54) is 6.20 Å². The van der Waals surface area contributed by atoms with Gasteiger partial charge in [0.25, 0.3) is 0 Å². The molecule has 2 aromatic carbocycles. The lowest BCUT2D eigenvalue weighted by molar-refractivity contribution is -0.122. The van der Waals surface area contributed by atoms with Gasteiger partial charge in [0, 0.05) is 29.3 Å². The van der Waals surface area contributed by atoms with Crippen molar-refractivity contribution in [1.82, 2.24) is 10.2 Å². The number of nitrogens with zero attached hydrogens (tertiary/aromatic N) is 1. The van der Waals surface area contributed by atoms with Crippen LogP contribution in [0.3, 0.4) is 0 Å². The van der Waals surface area contributed by atoms with E-state index in [4.69, 9.17) is 5.73 Å². The van der Waals surface area contributed by atoms with Crippen LogP contribution >= 0.6 is 0 Å². The maximum atomic E-state index is 12.3. The van der Waals surface area contributed by atoms with E-state index >= 15 is 0 Å². The van der Waals surface area contributed by atoms with Gasteiger partial charge in [-0.3, -0.25) is 0 Å². The number of benzene rings is 2. The van der Waals surface area contributed by atoms with Crippen LogP contribution in [0, 0.1) is 0 Å². The second kappa shape index (κ2) is 10.1. The first kappa shape index (κ1) is 25.6. The number of anilines is 1. The Labute approximate surface area is 201 Å². The van der Waals surface area contributed by atoms with Gasteiger partial charge in [-0.15, -0.1) is 0 Å². The van der Waals surface area contributed by atoms with E-state index in [0.717, 1.165) is 16.7 Å². The first-order valence-corrected chi connectivity index (χ1v) is 10.7. The van der Waals surface area contributed by atoms with Crippen molar-refractivity contribution in [3.8, 4) is 0 Å². The number of alkyl halides is 3. The van der Waals surface area contributed by atoms with Gasteiger partial charge in [0.15, 0.2) is 0 Å². The van der Waals surface area contributed by atoms with Gasteiger partial charge in [0.2, 0.25) is 0 Å². The Morgan fingerprint density at radius 1 is 1.17 bits per heavy atom. The first-order chi connectivity index (χ1) is 16.4. The summed E-state index contributed by atoms with van der Waals surface area (Å²) in [5.41, 5.74) is 9.76. The minimum atomic E-state index is -4.50. The van der Waals surface area contributed by atoms with Crippen molar-refractivity contribution >= 4 is 23.0 Å². The predicted octanol–water partition coefficient (Wildman–Crippen LogP) is 5.28. The number of allylic oxidation sites excluding steroid dienone is 3. The van der Waals surface area contributed by atoms with Crippen LogP contribution in [0.4, 0.5) is 23.7 Å². The fourth-order valence-electron chi connectivity index (χ4n) is 3.46. The lowest BCUT2D eigenvalue weighted by Gasteiger charge is -2.28. The molecule has 0 spiro atoms. The maximum absolute atomic E-state index is 12.3. The Kier molecular flexibility index (Phi) is 7.40. The van der Waals surface area contributed by atoms with Crippen LogP contribution in [0.5, 0.6) is 0 Å². The fraction of sp³-hybridized carbons (Fsp3) is 0.192.